The molecular weight excluding hydrogens is 583 g/mol. The first-order valence-corrected chi connectivity index (χ1v) is 15.0. The van der Waals surface area contributed by atoms with Crippen LogP contribution in [0.2, 0.25) is 0 Å². The second-order valence-electron chi connectivity index (χ2n) is 10.8. The molecule has 0 unspecified atom stereocenters. The molecule has 1 heterocycles. The molecule has 0 spiro atoms. The van der Waals surface area contributed by atoms with Crippen LogP contribution in [0.25, 0.3) is 66.1 Å². The smallest absolute Gasteiger partial charge is 0.143 e. The van der Waals surface area contributed by atoms with Crippen molar-refractivity contribution in [3.05, 3.63) is 188 Å². The topological polar surface area (TPSA) is 16.4 Å². The molecule has 2 heteroatoms. The molecule has 0 aliphatic carbocycles. The van der Waals surface area contributed by atoms with Gasteiger partial charge in [-0.2, -0.15) is 0 Å². The van der Waals surface area contributed by atoms with E-state index in [1.54, 1.807) is 48.5 Å². The van der Waals surface area contributed by atoms with E-state index < -0.39 is 131 Å². The first kappa shape index (κ1) is 15.5. The van der Waals surface area contributed by atoms with Gasteiger partial charge in [-0.25, -0.2) is 0 Å². The number of benzene rings is 8. The molecule has 0 aliphatic rings. The van der Waals surface area contributed by atoms with Crippen LogP contribution in [0.4, 0.5) is 17.1 Å². The van der Waals surface area contributed by atoms with Crippen molar-refractivity contribution in [3.63, 3.8) is 0 Å². The minimum Gasteiger partial charge on any atom is -0.455 e. The van der Waals surface area contributed by atoms with E-state index in [-0.39, 0.29) is 16.9 Å². The molecule has 0 fully saturated rings. The maximum absolute atomic E-state index is 9.66. The van der Waals surface area contributed by atoms with E-state index in [4.69, 9.17) is 19.5 Å². The highest BCUT2D eigenvalue weighted by Crippen LogP contribution is 2.46. The second-order valence-corrected chi connectivity index (χ2v) is 10.8. The molecule has 8 aromatic carbocycles. The van der Waals surface area contributed by atoms with Crippen LogP contribution in [-0.2, 0) is 0 Å². The van der Waals surface area contributed by atoms with Gasteiger partial charge in [-0.15, -0.1) is 0 Å². The molecule has 226 valence electrons. The normalized spacial score (nSPS) is 16.3. The highest BCUT2D eigenvalue weighted by atomic mass is 16.3. The molecule has 48 heavy (non-hydrogen) atoms. The van der Waals surface area contributed by atoms with Gasteiger partial charge in [-0.05, 0) is 69.5 Å². The predicted octanol–water partition coefficient (Wildman–Crippen LogP) is 13.2. The molecule has 0 saturated heterocycles. The number of furan rings is 1. The maximum atomic E-state index is 9.66. The van der Waals surface area contributed by atoms with Gasteiger partial charge in [-0.1, -0.05) is 151 Å². The van der Waals surface area contributed by atoms with E-state index in [1.807, 2.05) is 36.4 Å². The van der Waals surface area contributed by atoms with Crippen LogP contribution < -0.4 is 4.90 Å². The van der Waals surface area contributed by atoms with Gasteiger partial charge in [-0.3, -0.25) is 0 Å². The average molecular weight is 631 g/mol. The van der Waals surface area contributed by atoms with Crippen LogP contribution in [0.5, 0.6) is 0 Å². The van der Waals surface area contributed by atoms with Gasteiger partial charge in [0.15, 0.2) is 0 Å². The van der Waals surface area contributed by atoms with Crippen molar-refractivity contribution in [3.8, 4) is 33.4 Å². The standard InChI is InChI=1S/C46H31NO/c1-3-12-32(13-4-1)33-22-24-34(25-23-33)35-26-29-38(30-27-35)47(42-19-10-9-17-39(42)36-14-5-2-6-15-36)43-20-11-21-44-45(43)41-31-28-37-16-7-8-18-40(37)46(41)48-44/h1-31H/i1D,3D,4D,9D,10D,12D,13D,17D,19D,22D,23D,24D,25D,26D,27D,29D,30D. The van der Waals surface area contributed by atoms with Crippen LogP contribution in [0.1, 0.15) is 23.3 Å². The van der Waals surface area contributed by atoms with Gasteiger partial charge in [0.2, 0.25) is 0 Å². The molecule has 2 nitrogen and oxygen atoms in total. The first-order valence-electron chi connectivity index (χ1n) is 23.5. The Bertz CT molecular complexity index is 3450. The van der Waals surface area contributed by atoms with Crippen LogP contribution in [0.15, 0.2) is 192 Å². The number of hydrogen-bond donors (Lipinski definition) is 0. The molecule has 0 atom stereocenters. The lowest BCUT2D eigenvalue weighted by molar-refractivity contribution is 0.672. The third kappa shape index (κ3) is 4.83. The summed E-state index contributed by atoms with van der Waals surface area (Å²) in [6.45, 7) is 0. The number of fused-ring (bicyclic) bond motifs is 5. The number of nitrogens with zero attached hydrogens (tertiary/aromatic N) is 1. The van der Waals surface area contributed by atoms with Crippen LogP contribution in [-0.4, -0.2) is 0 Å². The summed E-state index contributed by atoms with van der Waals surface area (Å²) in [4.78, 5) is 1.24. The van der Waals surface area contributed by atoms with Crippen molar-refractivity contribution in [2.24, 2.45) is 0 Å². The summed E-state index contributed by atoms with van der Waals surface area (Å²) >= 11 is 0. The summed E-state index contributed by atoms with van der Waals surface area (Å²) in [7, 11) is 0. The van der Waals surface area contributed by atoms with Crippen molar-refractivity contribution in [1.82, 2.24) is 0 Å². The molecule has 9 rings (SSSR count). The fourth-order valence-electron chi connectivity index (χ4n) is 5.84. The van der Waals surface area contributed by atoms with Crippen LogP contribution in [0, 0.1) is 0 Å². The number of hydrogen-bond acceptors (Lipinski definition) is 2. The number of rotatable bonds is 6. The van der Waals surface area contributed by atoms with Crippen molar-refractivity contribution < 1.29 is 27.7 Å². The summed E-state index contributed by atoms with van der Waals surface area (Å²) in [6, 6.07) is 11.7. The molecule has 0 amide bonds. The number of anilines is 3. The zero-order valence-corrected chi connectivity index (χ0v) is 24.9. The van der Waals surface area contributed by atoms with Gasteiger partial charge < -0.3 is 9.32 Å². The van der Waals surface area contributed by atoms with E-state index in [0.717, 1.165) is 10.8 Å². The predicted molar refractivity (Wildman–Crippen MR) is 202 cm³/mol. The first-order chi connectivity index (χ1) is 30.9. The quantitative estimate of drug-likeness (QED) is 0.182. The van der Waals surface area contributed by atoms with Crippen LogP contribution >= 0.6 is 0 Å². The van der Waals surface area contributed by atoms with E-state index in [2.05, 4.69) is 0 Å². The lowest BCUT2D eigenvalue weighted by Gasteiger charge is -2.28. The molecule has 1 aromatic heterocycles. The van der Waals surface area contributed by atoms with Gasteiger partial charge in [0.05, 0.1) is 40.1 Å². The van der Waals surface area contributed by atoms with Crippen molar-refractivity contribution >= 4 is 49.8 Å². The Labute approximate surface area is 303 Å². The lowest BCUT2D eigenvalue weighted by Crippen LogP contribution is -2.11. The monoisotopic (exact) mass is 630 g/mol. The van der Waals surface area contributed by atoms with E-state index in [9.17, 15) is 8.22 Å². The fraction of sp³-hybridized carbons (Fsp3) is 0. The highest BCUT2D eigenvalue weighted by Gasteiger charge is 2.22. The van der Waals surface area contributed by atoms with Gasteiger partial charge >= 0.3 is 0 Å². The Hall–Kier alpha value is -6.38. The average Bonchev–Trinajstić information content (AvgIpc) is 3.71. The zero-order valence-electron chi connectivity index (χ0n) is 41.9. The summed E-state index contributed by atoms with van der Waals surface area (Å²) in [5, 5.41) is 2.60. The highest BCUT2D eigenvalue weighted by molar-refractivity contribution is 6.19. The largest absolute Gasteiger partial charge is 0.455 e. The van der Waals surface area contributed by atoms with Crippen molar-refractivity contribution in [2.45, 2.75) is 0 Å². The summed E-state index contributed by atoms with van der Waals surface area (Å²) < 4.78 is 158. The van der Waals surface area contributed by atoms with Crippen LogP contribution in [0.3, 0.4) is 0 Å². The van der Waals surface area contributed by atoms with E-state index in [0.29, 0.717) is 27.5 Å². The second kappa shape index (κ2) is 11.8. The Morgan fingerprint density at radius 2 is 1.08 bits per heavy atom. The minimum atomic E-state index is -0.872. The van der Waals surface area contributed by atoms with Crippen molar-refractivity contribution in [2.75, 3.05) is 4.90 Å². The summed E-state index contributed by atoms with van der Waals surface area (Å²) in [5.41, 5.74) is -1.98. The zero-order chi connectivity index (χ0) is 46.7. The third-order valence-electron chi connectivity index (χ3n) is 8.02. The molecule has 0 saturated carbocycles. The molecule has 0 radical (unpaired) electrons. The SMILES string of the molecule is [2H]c1c([2H])c([2H])c(-c2c([2H])c([2H])c(-c3c([2H])c([2H])c(N(c4c([2H])c([2H])c([2H])c([2H])c4-c4ccccc4)c4cccc5oc6c7ccccc7ccc6c45)c([2H])c3[2H])c([2H])c2[2H])c([2H])c1[2H]. The van der Waals surface area contributed by atoms with Crippen molar-refractivity contribution in [1.29, 1.82) is 0 Å². The van der Waals surface area contributed by atoms with Gasteiger partial charge in [0.1, 0.15) is 11.2 Å². The maximum Gasteiger partial charge on any atom is 0.143 e. The Kier molecular flexibility index (Phi) is 3.79. The molecule has 0 N–H and O–H groups in total. The summed E-state index contributed by atoms with van der Waals surface area (Å²) in [5.74, 6) is 0. The third-order valence-corrected chi connectivity index (χ3v) is 8.02. The van der Waals surface area contributed by atoms with E-state index >= 15 is 0 Å². The Morgan fingerprint density at radius 3 is 1.85 bits per heavy atom. The fourth-order valence-corrected chi connectivity index (χ4v) is 5.84. The molecule has 9 aromatic rings. The van der Waals surface area contributed by atoms with Gasteiger partial charge in [0.25, 0.3) is 0 Å². The van der Waals surface area contributed by atoms with Gasteiger partial charge in [0, 0.05) is 22.0 Å². The molecular formula is C46H31NO. The van der Waals surface area contributed by atoms with E-state index in [1.165, 1.54) is 4.90 Å². The Morgan fingerprint density at radius 1 is 0.438 bits per heavy atom. The Balaban J connectivity index is 1.40. The lowest BCUT2D eigenvalue weighted by atomic mass is 9.99. The molecule has 0 bridgehead atoms. The summed E-state index contributed by atoms with van der Waals surface area (Å²) in [6.07, 6.45) is 0. The molecule has 0 aliphatic heterocycles. The number of para-hydroxylation sites is 1. The minimum absolute atomic E-state index is 0.0318.